The van der Waals surface area contributed by atoms with Crippen LogP contribution in [0.4, 0.5) is 0 Å². The van der Waals surface area contributed by atoms with Crippen molar-refractivity contribution in [2.45, 2.75) is 0 Å². The average Bonchev–Trinajstić information content (AvgIpc) is 0.918. The van der Waals surface area contributed by atoms with Crippen molar-refractivity contribution in [1.29, 1.82) is 0 Å². The molecule has 3 N–H and O–H groups in total. The molecule has 6 radical (unpaired) electrons. The third kappa shape index (κ3) is 6840. The summed E-state index contributed by atoms with van der Waals surface area (Å²) in [6.45, 7) is 0. The summed E-state index contributed by atoms with van der Waals surface area (Å²) in [5, 5.41) is 0. The van der Waals surface area contributed by atoms with Crippen LogP contribution in [0, 0.1) is 0 Å². The minimum atomic E-state index is 0. The zero-order valence-electron chi connectivity index (χ0n) is 3.23. The first-order valence-corrected chi connectivity index (χ1v) is 0.789. The van der Waals surface area contributed by atoms with Crippen molar-refractivity contribution in [3.8, 4) is 0 Å². The fourth-order valence-corrected chi connectivity index (χ4v) is 0. The van der Waals surface area contributed by atoms with E-state index in [9.17, 15) is 0 Å². The second-order valence-electron chi connectivity index (χ2n) is 0.289. The molecule has 0 aromatic carbocycles. The monoisotopic (exact) mass is 68.1 g/mol. The Morgan fingerprint density at radius 1 is 1.40 bits per heavy atom. The van der Waals surface area contributed by atoms with Crippen LogP contribution >= 0.6 is 0 Å². The van der Waals surface area contributed by atoms with E-state index >= 15 is 0 Å². The third-order valence-electron chi connectivity index (χ3n) is 0. The zero-order valence-corrected chi connectivity index (χ0v) is 3.23. The van der Waals surface area contributed by atoms with E-state index in [1.807, 2.05) is 0 Å². The Morgan fingerprint density at radius 3 is 1.40 bits per heavy atom. The first kappa shape index (κ1) is 19.7. The van der Waals surface area contributed by atoms with Gasteiger partial charge < -0.3 is 0 Å². The van der Waals surface area contributed by atoms with Crippen molar-refractivity contribution in [2.24, 2.45) is 5.84 Å². The maximum absolute atomic E-state index is 4.60. The molecule has 0 heterocycles. The Morgan fingerprint density at radius 2 is 1.40 bits per heavy atom. The molecule has 0 bridgehead atoms. The van der Waals surface area contributed by atoms with Crippen molar-refractivity contribution in [2.75, 3.05) is 7.05 Å². The molecule has 5 heavy (non-hydrogen) atoms. The number of hydrogen-bond acceptors (Lipinski definition) is 2. The van der Waals surface area contributed by atoms with E-state index in [0.29, 0.717) is 0 Å². The van der Waals surface area contributed by atoms with E-state index in [-0.39, 0.29) is 16.8 Å². The van der Waals surface area contributed by atoms with Crippen LogP contribution in [0.3, 0.4) is 0 Å². The molecule has 0 aromatic heterocycles. The summed E-state index contributed by atoms with van der Waals surface area (Å²) in [6.07, 6.45) is 0. The third-order valence-corrected chi connectivity index (χ3v) is 0. The van der Waals surface area contributed by atoms with Crippen LogP contribution in [0.1, 0.15) is 0 Å². The minimum Gasteiger partial charge on any atom is -0.272 e. The van der Waals surface area contributed by atoms with Gasteiger partial charge in [-0.2, -0.15) is 0 Å². The van der Waals surface area contributed by atoms with E-state index in [0.717, 1.165) is 0 Å². The van der Waals surface area contributed by atoms with Gasteiger partial charge in [-0.05, 0) is 7.05 Å². The van der Waals surface area contributed by atoms with Gasteiger partial charge >= 0.3 is 0 Å². The fraction of sp³-hybridized carbons (Fsp3) is 1.00. The molecule has 0 amide bonds. The summed E-state index contributed by atoms with van der Waals surface area (Å²) in [6, 6.07) is 0. The first-order chi connectivity index (χ1) is 1.41. The van der Waals surface area contributed by atoms with E-state index < -0.39 is 0 Å². The summed E-state index contributed by atoms with van der Waals surface area (Å²) in [4.78, 5) is 0. The van der Waals surface area contributed by atoms with Crippen LogP contribution in [-0.4, -0.2) is 23.9 Å². The van der Waals surface area contributed by atoms with Gasteiger partial charge in [0.15, 0.2) is 0 Å². The molecular formula is CH6B2N2. The van der Waals surface area contributed by atoms with Gasteiger partial charge in [-0.1, -0.05) is 0 Å². The Labute approximate surface area is 36.2 Å². The van der Waals surface area contributed by atoms with Gasteiger partial charge in [0.2, 0.25) is 0 Å². The molecule has 4 heteroatoms. The Balaban J connectivity index is -0.0000000200. The second kappa shape index (κ2) is 34.2. The van der Waals surface area contributed by atoms with Crippen molar-refractivity contribution < 1.29 is 0 Å². The lowest BCUT2D eigenvalue weighted by Crippen LogP contribution is -2.13. The largest absolute Gasteiger partial charge is 0.272 e. The van der Waals surface area contributed by atoms with Crippen LogP contribution in [-0.2, 0) is 0 Å². The van der Waals surface area contributed by atoms with Crippen LogP contribution in [0.25, 0.3) is 0 Å². The molecule has 0 saturated heterocycles. The molecule has 0 aromatic rings. The second-order valence-corrected chi connectivity index (χ2v) is 0.289. The number of hydrazine groups is 1. The normalized spacial score (nSPS) is 3.60. The molecule has 0 aliphatic heterocycles. The SMILES string of the molecule is CNN.[B].[B]. The molecule has 0 fully saturated rings. The van der Waals surface area contributed by atoms with Crippen LogP contribution in [0.5, 0.6) is 0 Å². The summed E-state index contributed by atoms with van der Waals surface area (Å²) in [5.74, 6) is 4.60. The van der Waals surface area contributed by atoms with E-state index in [4.69, 9.17) is 0 Å². The lowest BCUT2D eigenvalue weighted by molar-refractivity contribution is 0.900. The maximum Gasteiger partial charge on any atom is 0 e. The number of hydrogen-bond donors (Lipinski definition) is 2. The van der Waals surface area contributed by atoms with Crippen LogP contribution in [0.2, 0.25) is 0 Å². The van der Waals surface area contributed by atoms with Crippen molar-refractivity contribution in [1.82, 2.24) is 5.43 Å². The molecule has 0 aliphatic rings. The lowest BCUT2D eigenvalue weighted by Gasteiger charge is -1.62. The fourth-order valence-electron chi connectivity index (χ4n) is 0. The quantitative estimate of drug-likeness (QED) is 0.202. The zero-order chi connectivity index (χ0) is 2.71. The van der Waals surface area contributed by atoms with E-state index in [1.165, 1.54) is 0 Å². The van der Waals surface area contributed by atoms with E-state index in [2.05, 4.69) is 11.3 Å². The molecule has 0 saturated carbocycles. The average molecular weight is 67.7 g/mol. The first-order valence-electron chi connectivity index (χ1n) is 0.789. The van der Waals surface area contributed by atoms with E-state index in [1.54, 1.807) is 7.05 Å². The number of rotatable bonds is 0. The summed E-state index contributed by atoms with van der Waals surface area (Å²) >= 11 is 0. The van der Waals surface area contributed by atoms with Gasteiger partial charge in [0.1, 0.15) is 0 Å². The molecule has 0 rings (SSSR count). The molecule has 0 unspecified atom stereocenters. The number of nitrogens with two attached hydrogens (primary N) is 1. The van der Waals surface area contributed by atoms with Gasteiger partial charge in [0, 0.05) is 16.8 Å². The molecule has 26 valence electrons. The number of nitrogens with one attached hydrogen (secondary N) is 1. The van der Waals surface area contributed by atoms with Crippen molar-refractivity contribution >= 4 is 16.8 Å². The maximum atomic E-state index is 4.60. The van der Waals surface area contributed by atoms with Gasteiger partial charge in [-0.3, -0.25) is 11.3 Å². The van der Waals surface area contributed by atoms with Gasteiger partial charge in [-0.25, -0.2) is 0 Å². The topological polar surface area (TPSA) is 38.0 Å². The smallest absolute Gasteiger partial charge is 0 e. The van der Waals surface area contributed by atoms with Crippen molar-refractivity contribution in [3.05, 3.63) is 0 Å². The highest BCUT2D eigenvalue weighted by atomic mass is 15.2. The molecular weight excluding hydrogens is 61.6 g/mol. The Bertz CT molecular complexity index is 7.61. The van der Waals surface area contributed by atoms with Gasteiger partial charge in [0.05, 0.1) is 0 Å². The molecule has 2 nitrogen and oxygen atoms in total. The Hall–Kier alpha value is 0.0499. The highest BCUT2D eigenvalue weighted by Crippen LogP contribution is 0.817. The molecule has 0 atom stereocenters. The Kier molecular flexibility index (Phi) is 135. The summed E-state index contributed by atoms with van der Waals surface area (Å²) < 4.78 is 0. The van der Waals surface area contributed by atoms with Crippen LogP contribution in [0.15, 0.2) is 0 Å². The van der Waals surface area contributed by atoms with Crippen molar-refractivity contribution in [3.63, 3.8) is 0 Å². The van der Waals surface area contributed by atoms with Gasteiger partial charge in [-0.15, -0.1) is 0 Å². The highest BCUT2D eigenvalue weighted by Gasteiger charge is 1.22. The lowest BCUT2D eigenvalue weighted by atomic mass is 10.8. The summed E-state index contributed by atoms with van der Waals surface area (Å²) in [7, 11) is 1.65. The molecule has 0 spiro atoms. The minimum absolute atomic E-state index is 0. The highest BCUT2D eigenvalue weighted by molar-refractivity contribution is 5.76. The standard InChI is InChI=1S/CH6N2.2B/c1-3-2;;/h3H,2H2,1H3;;. The predicted molar refractivity (Wildman–Crippen MR) is 24.8 cm³/mol. The van der Waals surface area contributed by atoms with Crippen LogP contribution < -0.4 is 11.3 Å². The predicted octanol–water partition coefficient (Wildman–Crippen LogP) is -1.68. The molecule has 0 aliphatic carbocycles. The van der Waals surface area contributed by atoms with Gasteiger partial charge in [0.25, 0.3) is 0 Å². The summed E-state index contributed by atoms with van der Waals surface area (Å²) in [5.41, 5.74) is 2.25.